The van der Waals surface area contributed by atoms with Crippen molar-refractivity contribution in [3.05, 3.63) is 47.1 Å². The molecule has 0 aromatic heterocycles. The molecule has 7 nitrogen and oxygen atoms in total. The van der Waals surface area contributed by atoms with Gasteiger partial charge in [0.2, 0.25) is 0 Å². The zero-order valence-electron chi connectivity index (χ0n) is 17.4. The van der Waals surface area contributed by atoms with Crippen LogP contribution < -0.4 is 0 Å². The van der Waals surface area contributed by atoms with Crippen LogP contribution in [0.15, 0.2) is 47.1 Å². The number of esters is 3. The van der Waals surface area contributed by atoms with Gasteiger partial charge >= 0.3 is 17.9 Å². The zero-order chi connectivity index (χ0) is 21.9. The number of carbonyl (C=O) groups is 3. The van der Waals surface area contributed by atoms with Crippen molar-refractivity contribution in [2.45, 2.75) is 65.5 Å². The maximum absolute atomic E-state index is 12.6. The van der Waals surface area contributed by atoms with E-state index in [4.69, 9.17) is 14.2 Å². The lowest BCUT2D eigenvalue weighted by atomic mass is 9.83. The maximum atomic E-state index is 12.6. The minimum atomic E-state index is -1.03. The van der Waals surface area contributed by atoms with Crippen LogP contribution in [0.4, 0.5) is 0 Å². The number of carbonyl (C=O) groups excluding carboxylic acids is 3. The Morgan fingerprint density at radius 1 is 1.24 bits per heavy atom. The van der Waals surface area contributed by atoms with Crippen LogP contribution in [-0.4, -0.2) is 47.4 Å². The molecule has 0 aromatic rings. The molecule has 2 rings (SSSR count). The molecule has 2 aliphatic rings. The molecule has 1 fully saturated rings. The predicted octanol–water partition coefficient (Wildman–Crippen LogP) is 2.55. The Kier molecular flexibility index (Phi) is 7.19. The molecule has 7 heteroatoms. The molecule has 1 saturated heterocycles. The van der Waals surface area contributed by atoms with E-state index in [2.05, 4.69) is 6.58 Å². The summed E-state index contributed by atoms with van der Waals surface area (Å²) in [4.78, 5) is 36.6. The third-order valence-corrected chi connectivity index (χ3v) is 5.27. The topological polar surface area (TPSA) is 99.1 Å². The molecule has 0 bridgehead atoms. The van der Waals surface area contributed by atoms with Crippen LogP contribution in [0.2, 0.25) is 0 Å². The molecular formula is C22H28O7. The van der Waals surface area contributed by atoms with Crippen LogP contribution in [-0.2, 0) is 28.6 Å². The van der Waals surface area contributed by atoms with Crippen LogP contribution in [0, 0.1) is 5.92 Å². The van der Waals surface area contributed by atoms with Crippen LogP contribution >= 0.6 is 0 Å². The smallest absolute Gasteiger partial charge is 0.334 e. The lowest BCUT2D eigenvalue weighted by Crippen LogP contribution is -2.44. The number of aliphatic hydroxyl groups excluding tert-OH is 1. The van der Waals surface area contributed by atoms with Gasteiger partial charge in [0.15, 0.2) is 12.2 Å². The summed E-state index contributed by atoms with van der Waals surface area (Å²) in [7, 11) is 0. The molecule has 0 amide bonds. The van der Waals surface area contributed by atoms with E-state index in [9.17, 15) is 19.5 Å². The highest BCUT2D eigenvalue weighted by molar-refractivity contribution is 5.92. The quantitative estimate of drug-likeness (QED) is 0.334. The molecule has 158 valence electrons. The molecule has 0 unspecified atom stereocenters. The first-order valence-corrected chi connectivity index (χ1v) is 9.50. The third-order valence-electron chi connectivity index (χ3n) is 5.27. The average Bonchev–Trinajstić information content (AvgIpc) is 2.93. The van der Waals surface area contributed by atoms with E-state index in [1.807, 2.05) is 0 Å². The summed E-state index contributed by atoms with van der Waals surface area (Å²) in [5.74, 6) is -2.55. The standard InChI is InChI=1S/C22H28O7/c1-7-11(2)21(25)29-20-18-14(5)22(26)28-17(18)10-13(4)16(24)9-8-12(3)19(20)27-15(6)23/h7-8,10,16-20,24H,5,9H2,1-4,6H3/b11-7-,12-8+,13-10+/t16-,17+,18-,19-,20+/m0/s1. The molecule has 1 heterocycles. The lowest BCUT2D eigenvalue weighted by molar-refractivity contribution is -0.165. The molecule has 5 atom stereocenters. The van der Waals surface area contributed by atoms with E-state index in [-0.39, 0.29) is 12.0 Å². The van der Waals surface area contributed by atoms with Crippen molar-refractivity contribution in [1.82, 2.24) is 0 Å². The molecule has 0 radical (unpaired) electrons. The fourth-order valence-corrected chi connectivity index (χ4v) is 3.36. The highest BCUT2D eigenvalue weighted by atomic mass is 16.6. The number of fused-ring (bicyclic) bond motifs is 1. The van der Waals surface area contributed by atoms with Gasteiger partial charge in [0.25, 0.3) is 0 Å². The van der Waals surface area contributed by atoms with Gasteiger partial charge in [-0.1, -0.05) is 18.7 Å². The van der Waals surface area contributed by atoms with Crippen molar-refractivity contribution in [3.8, 4) is 0 Å². The largest absolute Gasteiger partial charge is 0.454 e. The summed E-state index contributed by atoms with van der Waals surface area (Å²) >= 11 is 0. The van der Waals surface area contributed by atoms with E-state index in [1.165, 1.54) is 6.92 Å². The number of allylic oxidation sites excluding steroid dienone is 1. The van der Waals surface area contributed by atoms with E-state index in [1.54, 1.807) is 45.9 Å². The maximum Gasteiger partial charge on any atom is 0.334 e. The molecule has 0 saturated carbocycles. The second-order valence-electron chi connectivity index (χ2n) is 7.40. The van der Waals surface area contributed by atoms with Crippen LogP contribution in [0.25, 0.3) is 0 Å². The summed E-state index contributed by atoms with van der Waals surface area (Å²) in [6.45, 7) is 11.8. The number of hydrogen-bond donors (Lipinski definition) is 1. The molecule has 29 heavy (non-hydrogen) atoms. The van der Waals surface area contributed by atoms with Gasteiger partial charge in [0, 0.05) is 18.1 Å². The van der Waals surface area contributed by atoms with Crippen molar-refractivity contribution in [1.29, 1.82) is 0 Å². The minimum absolute atomic E-state index is 0.120. The average molecular weight is 404 g/mol. The number of hydrogen-bond acceptors (Lipinski definition) is 7. The SMILES string of the molecule is C=C1C(=O)O[C@@H]2/C=C(\C)[C@@H](O)C/C=C(\C)[C@H](OC(C)=O)[C@H](OC(=O)/C(C)=C\C)[C@@H]12. The molecular weight excluding hydrogens is 376 g/mol. The summed E-state index contributed by atoms with van der Waals surface area (Å²) in [6, 6.07) is 0. The first-order chi connectivity index (χ1) is 13.6. The predicted molar refractivity (Wildman–Crippen MR) is 106 cm³/mol. The van der Waals surface area contributed by atoms with Gasteiger partial charge in [-0.05, 0) is 51.3 Å². The van der Waals surface area contributed by atoms with Gasteiger partial charge in [-0.3, -0.25) is 4.79 Å². The summed E-state index contributed by atoms with van der Waals surface area (Å²) in [6.07, 6.45) is 1.66. The monoisotopic (exact) mass is 404 g/mol. The Hall–Kier alpha value is -2.67. The molecule has 0 aromatic carbocycles. The van der Waals surface area contributed by atoms with Crippen molar-refractivity contribution in [2.75, 3.05) is 0 Å². The highest BCUT2D eigenvalue weighted by Crippen LogP contribution is 2.37. The number of rotatable bonds is 3. The molecule has 1 aliphatic heterocycles. The Morgan fingerprint density at radius 2 is 1.90 bits per heavy atom. The van der Waals surface area contributed by atoms with Gasteiger partial charge in [-0.2, -0.15) is 0 Å². The van der Waals surface area contributed by atoms with E-state index in [0.717, 1.165) is 0 Å². The third kappa shape index (κ3) is 5.03. The van der Waals surface area contributed by atoms with Gasteiger partial charge in [0.1, 0.15) is 6.10 Å². The van der Waals surface area contributed by atoms with Gasteiger partial charge in [-0.15, -0.1) is 0 Å². The van der Waals surface area contributed by atoms with Gasteiger partial charge in [0.05, 0.1) is 12.0 Å². The van der Waals surface area contributed by atoms with Gasteiger partial charge in [-0.25, -0.2) is 9.59 Å². The van der Waals surface area contributed by atoms with Crippen molar-refractivity contribution < 1.29 is 33.7 Å². The molecule has 1 aliphatic carbocycles. The lowest BCUT2D eigenvalue weighted by Gasteiger charge is -2.33. The van der Waals surface area contributed by atoms with E-state index in [0.29, 0.717) is 16.7 Å². The Labute approximate surface area is 170 Å². The van der Waals surface area contributed by atoms with E-state index < -0.39 is 48.2 Å². The van der Waals surface area contributed by atoms with Crippen molar-refractivity contribution in [2.24, 2.45) is 5.92 Å². The molecule has 1 N–H and O–H groups in total. The second-order valence-corrected chi connectivity index (χ2v) is 7.40. The number of ether oxygens (including phenoxy) is 3. The Bertz CT molecular complexity index is 802. The van der Waals surface area contributed by atoms with Crippen LogP contribution in [0.3, 0.4) is 0 Å². The van der Waals surface area contributed by atoms with E-state index >= 15 is 0 Å². The summed E-state index contributed by atoms with van der Waals surface area (Å²) in [5, 5.41) is 10.4. The highest BCUT2D eigenvalue weighted by Gasteiger charge is 2.49. The first-order valence-electron chi connectivity index (χ1n) is 9.50. The van der Waals surface area contributed by atoms with Crippen LogP contribution in [0.5, 0.6) is 0 Å². The van der Waals surface area contributed by atoms with Gasteiger partial charge < -0.3 is 19.3 Å². The Balaban J connectivity index is 2.62. The zero-order valence-corrected chi connectivity index (χ0v) is 17.4. The fourth-order valence-electron chi connectivity index (χ4n) is 3.36. The summed E-state index contributed by atoms with van der Waals surface area (Å²) < 4.78 is 16.7. The number of aliphatic hydroxyl groups is 1. The molecule has 0 spiro atoms. The summed E-state index contributed by atoms with van der Waals surface area (Å²) in [5.41, 5.74) is 1.71. The second kappa shape index (κ2) is 9.22. The Morgan fingerprint density at radius 3 is 2.48 bits per heavy atom. The fraction of sp³-hybridized carbons (Fsp3) is 0.500. The normalized spacial score (nSPS) is 34.1. The minimum Gasteiger partial charge on any atom is -0.454 e. The van der Waals surface area contributed by atoms with Crippen molar-refractivity contribution in [3.63, 3.8) is 0 Å². The first kappa shape index (κ1) is 22.6. The van der Waals surface area contributed by atoms with Crippen molar-refractivity contribution >= 4 is 17.9 Å². The van der Waals surface area contributed by atoms with Crippen LogP contribution in [0.1, 0.15) is 41.0 Å².